The molecule has 6 aromatic rings. The van der Waals surface area contributed by atoms with Crippen molar-refractivity contribution >= 4 is 92.4 Å². The van der Waals surface area contributed by atoms with Crippen molar-refractivity contribution < 1.29 is 9.59 Å². The molecule has 0 bridgehead atoms. The molecule has 6 aromatic carbocycles. The van der Waals surface area contributed by atoms with Crippen molar-refractivity contribution in [1.82, 2.24) is 0 Å². The van der Waals surface area contributed by atoms with Gasteiger partial charge in [-0.2, -0.15) is 0 Å². The van der Waals surface area contributed by atoms with Crippen molar-refractivity contribution in [3.63, 3.8) is 0 Å². The molecule has 0 radical (unpaired) electrons. The van der Waals surface area contributed by atoms with E-state index in [1.807, 2.05) is 159 Å². The topological polar surface area (TPSA) is 141 Å². The van der Waals surface area contributed by atoms with Crippen LogP contribution in [0.5, 0.6) is 0 Å². The van der Waals surface area contributed by atoms with Crippen LogP contribution < -0.4 is 42.5 Å². The second-order valence-electron chi connectivity index (χ2n) is 15.5. The molecule has 342 valence electrons. The first-order valence-corrected chi connectivity index (χ1v) is 23.1. The number of nitrogens with two attached hydrogens (primary N) is 2. The molecule has 65 heavy (non-hydrogen) atoms. The number of nitrogens with one attached hydrogen (secondary N) is 4. The molecule has 4 amide bonds. The lowest BCUT2D eigenvalue weighted by Gasteiger charge is -2.31. The number of benzene rings is 6. The zero-order valence-electron chi connectivity index (χ0n) is 38.5. The average Bonchev–Trinajstić information content (AvgIpc) is 3.30. The van der Waals surface area contributed by atoms with E-state index in [-0.39, 0.29) is 24.1 Å². The van der Waals surface area contributed by atoms with Crippen LogP contribution in [0, 0.1) is 0 Å². The summed E-state index contributed by atoms with van der Waals surface area (Å²) in [5.41, 5.74) is 24.1. The fourth-order valence-corrected chi connectivity index (χ4v) is 8.80. The van der Waals surface area contributed by atoms with E-state index in [2.05, 4.69) is 21.3 Å². The lowest BCUT2D eigenvalue weighted by molar-refractivity contribution is 0.254. The van der Waals surface area contributed by atoms with Gasteiger partial charge in [-0.15, -0.1) is 0 Å². The van der Waals surface area contributed by atoms with Crippen molar-refractivity contribution in [2.45, 2.75) is 79.3 Å². The summed E-state index contributed by atoms with van der Waals surface area (Å²) in [6, 6.07) is 35.6. The lowest BCUT2D eigenvalue weighted by Crippen LogP contribution is -2.37. The van der Waals surface area contributed by atoms with Crippen molar-refractivity contribution in [3.05, 3.63) is 164 Å². The maximum absolute atomic E-state index is 13.8. The average molecular weight is 936 g/mol. The van der Waals surface area contributed by atoms with Gasteiger partial charge in [0.15, 0.2) is 0 Å². The first-order valence-electron chi connectivity index (χ1n) is 22.0. The second-order valence-corrected chi connectivity index (χ2v) is 16.7. The van der Waals surface area contributed by atoms with Gasteiger partial charge in [-0.3, -0.25) is 9.80 Å². The minimum absolute atomic E-state index is 0.191. The fraction of sp³-hybridized carbons (Fsp3) is 0.269. The van der Waals surface area contributed by atoms with Gasteiger partial charge in [0.25, 0.3) is 0 Å². The third-order valence-corrected chi connectivity index (χ3v) is 12.6. The highest BCUT2D eigenvalue weighted by atomic mass is 35.5. The number of urea groups is 2. The van der Waals surface area contributed by atoms with Crippen LogP contribution in [-0.4, -0.2) is 26.2 Å². The van der Waals surface area contributed by atoms with Gasteiger partial charge in [0, 0.05) is 63.3 Å². The first kappa shape index (κ1) is 49.9. The number of hydrogen-bond acceptors (Lipinski definition) is 6. The summed E-state index contributed by atoms with van der Waals surface area (Å²) in [6.07, 6.45) is 2.73. The quantitative estimate of drug-likeness (QED) is 0.0601. The number of hydrogen-bond donors (Lipinski definition) is 6. The molecule has 0 saturated heterocycles. The van der Waals surface area contributed by atoms with Crippen molar-refractivity contribution in [2.75, 3.05) is 56.6 Å². The van der Waals surface area contributed by atoms with Gasteiger partial charge >= 0.3 is 12.1 Å². The van der Waals surface area contributed by atoms with Gasteiger partial charge in [-0.25, -0.2) is 9.59 Å². The third-order valence-electron chi connectivity index (χ3n) is 11.6. The Labute approximate surface area is 399 Å². The Bertz CT molecular complexity index is 2480. The van der Waals surface area contributed by atoms with Crippen LogP contribution >= 0.6 is 34.8 Å². The molecule has 0 spiro atoms. The maximum Gasteiger partial charge on any atom is 0.326 e. The molecule has 6 rings (SSSR count). The molecule has 0 aromatic heterocycles. The smallest absolute Gasteiger partial charge is 0.326 e. The minimum Gasteiger partial charge on any atom is -0.398 e. The standard InChI is InChI=1S/C26H30Cl2N4O.C26H31ClN4O/c1-5-21-23(28)15-24(29)22(6-2)25(21)31-26(33)32(20-13-11-19(30-4)12-14-20)16(3)17-7-9-18(27)10-8-17;1-5-21-23(27)16-24(28)22(6-2)25(21)30-26(32)31(17(3)18-10-8-7-9-11-18)20-14-12-19(29-4)13-15-20/h7-16,30H,5-6,29H2,1-4H3,(H,31,33);7-17,29H,5-6,28H2,1-4H3,(H,30,32). The number of nitrogens with zero attached hydrogens (tertiary/aromatic N) is 2. The van der Waals surface area contributed by atoms with E-state index in [4.69, 9.17) is 46.3 Å². The highest BCUT2D eigenvalue weighted by Gasteiger charge is 2.28. The molecule has 0 fully saturated rings. The third kappa shape index (κ3) is 11.8. The summed E-state index contributed by atoms with van der Waals surface area (Å²) >= 11 is 19.1. The van der Waals surface area contributed by atoms with E-state index < -0.39 is 0 Å². The number of halogens is 3. The van der Waals surface area contributed by atoms with Gasteiger partial charge in [-0.05, 0) is 146 Å². The molecule has 2 unspecified atom stereocenters. The number of amides is 4. The number of carbonyl (C=O) groups excluding carboxylic acids is 2. The Morgan fingerprint density at radius 1 is 0.523 bits per heavy atom. The Morgan fingerprint density at radius 2 is 0.877 bits per heavy atom. The van der Waals surface area contributed by atoms with Crippen LogP contribution in [0.25, 0.3) is 0 Å². The van der Waals surface area contributed by atoms with Gasteiger partial charge in [0.1, 0.15) is 0 Å². The molecule has 0 aliphatic rings. The van der Waals surface area contributed by atoms with Crippen LogP contribution in [0.4, 0.5) is 55.1 Å². The van der Waals surface area contributed by atoms with Crippen molar-refractivity contribution in [2.24, 2.45) is 0 Å². The van der Waals surface area contributed by atoms with E-state index in [0.29, 0.717) is 63.5 Å². The molecule has 0 heterocycles. The van der Waals surface area contributed by atoms with Crippen LogP contribution in [0.2, 0.25) is 15.1 Å². The minimum atomic E-state index is -0.263. The van der Waals surface area contributed by atoms with E-state index in [0.717, 1.165) is 56.1 Å². The van der Waals surface area contributed by atoms with E-state index in [1.54, 1.807) is 21.9 Å². The van der Waals surface area contributed by atoms with Crippen LogP contribution in [0.3, 0.4) is 0 Å². The number of nitrogen functional groups attached to an aromatic ring is 2. The molecular formula is C52H61Cl3N8O2. The van der Waals surface area contributed by atoms with Gasteiger partial charge in [0.2, 0.25) is 0 Å². The first-order chi connectivity index (χ1) is 31.2. The lowest BCUT2D eigenvalue weighted by atomic mass is 10.0. The summed E-state index contributed by atoms with van der Waals surface area (Å²) in [4.78, 5) is 31.1. The Hall–Kier alpha value is -6.07. The molecule has 0 saturated carbocycles. The SMILES string of the molecule is CCc1c(N)cc(Cl)c(CC)c1NC(=O)N(c1ccc(NC)cc1)C(C)c1ccc(Cl)cc1.CCc1c(N)cc(Cl)c(CC)c1NC(=O)N(c1ccc(NC)cc1)C(C)c1ccccc1. The number of rotatable bonds is 14. The van der Waals surface area contributed by atoms with Crippen LogP contribution in [0.1, 0.15) is 87.0 Å². The molecule has 8 N–H and O–H groups in total. The van der Waals surface area contributed by atoms with Crippen molar-refractivity contribution in [1.29, 1.82) is 0 Å². The second kappa shape index (κ2) is 23.2. The predicted octanol–water partition coefficient (Wildman–Crippen LogP) is 14.4. The molecule has 0 aliphatic carbocycles. The molecule has 13 heteroatoms. The van der Waals surface area contributed by atoms with Gasteiger partial charge in [0.05, 0.1) is 23.5 Å². The van der Waals surface area contributed by atoms with Gasteiger partial charge in [-0.1, -0.05) is 105 Å². The monoisotopic (exact) mass is 934 g/mol. The maximum atomic E-state index is 13.8. The van der Waals surface area contributed by atoms with Crippen LogP contribution in [0.15, 0.2) is 115 Å². The van der Waals surface area contributed by atoms with Gasteiger partial charge < -0.3 is 32.7 Å². The Morgan fingerprint density at radius 3 is 1.22 bits per heavy atom. The molecule has 2 atom stereocenters. The predicted molar refractivity (Wildman–Crippen MR) is 279 cm³/mol. The highest BCUT2D eigenvalue weighted by molar-refractivity contribution is 6.33. The summed E-state index contributed by atoms with van der Waals surface area (Å²) in [5.74, 6) is 0. The summed E-state index contributed by atoms with van der Waals surface area (Å²) in [5, 5.41) is 14.3. The molecular weight excluding hydrogens is 875 g/mol. The Kier molecular flexibility index (Phi) is 17.8. The number of carbonyl (C=O) groups is 2. The zero-order chi connectivity index (χ0) is 47.4. The molecule has 0 aliphatic heterocycles. The molecule has 10 nitrogen and oxygen atoms in total. The number of anilines is 8. The largest absolute Gasteiger partial charge is 0.398 e. The van der Waals surface area contributed by atoms with E-state index in [1.165, 1.54) is 0 Å². The summed E-state index contributed by atoms with van der Waals surface area (Å²) in [6.45, 7) is 12.1. The van der Waals surface area contributed by atoms with E-state index >= 15 is 0 Å². The fourth-order valence-electron chi connectivity index (χ4n) is 7.98. The Balaban J connectivity index is 0.000000244. The zero-order valence-corrected chi connectivity index (χ0v) is 40.7. The highest BCUT2D eigenvalue weighted by Crippen LogP contribution is 2.38. The van der Waals surface area contributed by atoms with Crippen molar-refractivity contribution in [3.8, 4) is 0 Å². The normalized spacial score (nSPS) is 11.7. The van der Waals surface area contributed by atoms with Crippen LogP contribution in [-0.2, 0) is 25.7 Å². The summed E-state index contributed by atoms with van der Waals surface area (Å²) < 4.78 is 0. The van der Waals surface area contributed by atoms with E-state index in [9.17, 15) is 9.59 Å². The summed E-state index contributed by atoms with van der Waals surface area (Å²) in [7, 11) is 3.73.